The number of amides is 1. The SMILES string of the molecule is CNC(C)(C)CC(=O)N(C)CC[N+](C)(C)C. The predicted octanol–water partition coefficient (Wildman–Crippen LogP) is 0.539. The van der Waals surface area contributed by atoms with Crippen LogP contribution >= 0.6 is 0 Å². The second-order valence-corrected chi connectivity index (χ2v) is 6.14. The van der Waals surface area contributed by atoms with Crippen LogP contribution in [0, 0.1) is 0 Å². The highest BCUT2D eigenvalue weighted by Gasteiger charge is 2.22. The molecule has 4 heteroatoms. The average molecular weight is 230 g/mol. The monoisotopic (exact) mass is 230 g/mol. The second-order valence-electron chi connectivity index (χ2n) is 6.14. The quantitative estimate of drug-likeness (QED) is 0.676. The van der Waals surface area contributed by atoms with Crippen LogP contribution in [-0.4, -0.2) is 69.2 Å². The highest BCUT2D eigenvalue weighted by Crippen LogP contribution is 2.09. The third-order valence-corrected chi connectivity index (χ3v) is 2.80. The summed E-state index contributed by atoms with van der Waals surface area (Å²) in [5, 5.41) is 3.15. The van der Waals surface area contributed by atoms with Gasteiger partial charge in [-0.25, -0.2) is 0 Å². The fourth-order valence-corrected chi connectivity index (χ4v) is 1.18. The third kappa shape index (κ3) is 6.80. The van der Waals surface area contributed by atoms with Crippen LogP contribution in [0.4, 0.5) is 0 Å². The zero-order valence-corrected chi connectivity index (χ0v) is 11.9. The van der Waals surface area contributed by atoms with E-state index in [1.807, 2.05) is 32.8 Å². The predicted molar refractivity (Wildman–Crippen MR) is 68.3 cm³/mol. The Morgan fingerprint density at radius 2 is 1.81 bits per heavy atom. The number of carbonyl (C=O) groups is 1. The van der Waals surface area contributed by atoms with Crippen LogP contribution in [0.2, 0.25) is 0 Å². The van der Waals surface area contributed by atoms with E-state index >= 15 is 0 Å². The van der Waals surface area contributed by atoms with Crippen LogP contribution in [0.3, 0.4) is 0 Å². The molecule has 0 aromatic carbocycles. The molecule has 0 aromatic rings. The van der Waals surface area contributed by atoms with E-state index in [4.69, 9.17) is 0 Å². The molecule has 0 heterocycles. The molecule has 0 unspecified atom stereocenters. The summed E-state index contributed by atoms with van der Waals surface area (Å²) in [6, 6.07) is 0. The molecule has 0 aliphatic heterocycles. The lowest BCUT2D eigenvalue weighted by Crippen LogP contribution is -2.46. The fourth-order valence-electron chi connectivity index (χ4n) is 1.18. The molecular formula is C12H28N3O+. The van der Waals surface area contributed by atoms with Crippen molar-refractivity contribution >= 4 is 5.91 Å². The molecule has 1 amide bonds. The Morgan fingerprint density at radius 3 is 2.19 bits per heavy atom. The number of nitrogens with zero attached hydrogens (tertiary/aromatic N) is 2. The lowest BCUT2D eigenvalue weighted by molar-refractivity contribution is -0.869. The van der Waals surface area contributed by atoms with Gasteiger partial charge in [-0.3, -0.25) is 4.79 Å². The second kappa shape index (κ2) is 5.64. The van der Waals surface area contributed by atoms with Gasteiger partial charge in [0, 0.05) is 19.0 Å². The Kier molecular flexibility index (Phi) is 5.42. The molecule has 1 N–H and O–H groups in total. The molecule has 0 aliphatic rings. The maximum Gasteiger partial charge on any atom is 0.224 e. The smallest absolute Gasteiger partial charge is 0.224 e. The number of likely N-dealkylation sites (N-methyl/N-ethyl adjacent to an activating group) is 2. The first-order valence-corrected chi connectivity index (χ1v) is 5.81. The van der Waals surface area contributed by atoms with Crippen molar-refractivity contribution in [1.82, 2.24) is 10.2 Å². The molecule has 0 radical (unpaired) electrons. The van der Waals surface area contributed by atoms with E-state index in [2.05, 4.69) is 26.5 Å². The minimum absolute atomic E-state index is 0.123. The van der Waals surface area contributed by atoms with E-state index in [1.165, 1.54) is 0 Å². The Bertz CT molecular complexity index is 231. The van der Waals surface area contributed by atoms with Gasteiger partial charge >= 0.3 is 0 Å². The molecule has 0 fully saturated rings. The highest BCUT2D eigenvalue weighted by molar-refractivity contribution is 5.77. The average Bonchev–Trinajstić information content (AvgIpc) is 2.12. The van der Waals surface area contributed by atoms with E-state index in [9.17, 15) is 4.79 Å². The van der Waals surface area contributed by atoms with Crippen molar-refractivity contribution in [1.29, 1.82) is 0 Å². The zero-order valence-electron chi connectivity index (χ0n) is 11.9. The van der Waals surface area contributed by atoms with Gasteiger partial charge in [-0.1, -0.05) is 0 Å². The van der Waals surface area contributed by atoms with E-state index in [0.717, 1.165) is 17.6 Å². The molecule has 0 aromatic heterocycles. The topological polar surface area (TPSA) is 32.3 Å². The van der Waals surface area contributed by atoms with Gasteiger partial charge in [0.25, 0.3) is 0 Å². The minimum Gasteiger partial charge on any atom is -0.340 e. The van der Waals surface area contributed by atoms with Gasteiger partial charge in [0.2, 0.25) is 5.91 Å². The summed E-state index contributed by atoms with van der Waals surface area (Å²) in [4.78, 5) is 13.7. The van der Waals surface area contributed by atoms with Crippen LogP contribution < -0.4 is 5.32 Å². The highest BCUT2D eigenvalue weighted by atomic mass is 16.2. The van der Waals surface area contributed by atoms with Gasteiger partial charge in [-0.2, -0.15) is 0 Å². The molecule has 0 spiro atoms. The minimum atomic E-state index is -0.123. The van der Waals surface area contributed by atoms with Crippen molar-refractivity contribution in [2.24, 2.45) is 0 Å². The van der Waals surface area contributed by atoms with Crippen molar-refractivity contribution < 1.29 is 9.28 Å². The number of quaternary nitrogens is 1. The Morgan fingerprint density at radius 1 is 1.31 bits per heavy atom. The summed E-state index contributed by atoms with van der Waals surface area (Å²) < 4.78 is 0.882. The van der Waals surface area contributed by atoms with E-state index in [1.54, 1.807) is 0 Å². The molecule has 96 valence electrons. The largest absolute Gasteiger partial charge is 0.340 e. The first-order chi connectivity index (χ1) is 7.07. The van der Waals surface area contributed by atoms with Crippen LogP contribution in [0.15, 0.2) is 0 Å². The molecule has 4 nitrogen and oxygen atoms in total. The van der Waals surface area contributed by atoms with Crippen LogP contribution in [0.1, 0.15) is 20.3 Å². The van der Waals surface area contributed by atoms with Gasteiger partial charge in [-0.15, -0.1) is 0 Å². The van der Waals surface area contributed by atoms with Gasteiger partial charge in [-0.05, 0) is 20.9 Å². The van der Waals surface area contributed by atoms with Gasteiger partial charge in [0.05, 0.1) is 34.2 Å². The normalized spacial score (nSPS) is 12.7. The summed E-state index contributed by atoms with van der Waals surface area (Å²) in [5.74, 6) is 0.202. The summed E-state index contributed by atoms with van der Waals surface area (Å²) in [6.45, 7) is 5.86. The standard InChI is InChI=1S/C12H28N3O/c1-12(2,13-3)10-11(16)14(4)8-9-15(5,6)7/h13H,8-10H2,1-7H3/q+1. The van der Waals surface area contributed by atoms with Crippen LogP contribution in [0.5, 0.6) is 0 Å². The number of hydrogen-bond acceptors (Lipinski definition) is 2. The number of carbonyl (C=O) groups excluding carboxylic acids is 1. The van der Waals surface area contributed by atoms with Gasteiger partial charge in [0.1, 0.15) is 0 Å². The first-order valence-electron chi connectivity index (χ1n) is 5.81. The molecule has 0 bridgehead atoms. The Hall–Kier alpha value is -0.610. The van der Waals surface area contributed by atoms with Crippen molar-refractivity contribution in [3.8, 4) is 0 Å². The van der Waals surface area contributed by atoms with E-state index in [0.29, 0.717) is 6.42 Å². The number of hydrogen-bond donors (Lipinski definition) is 1. The van der Waals surface area contributed by atoms with Crippen molar-refractivity contribution in [3.05, 3.63) is 0 Å². The zero-order chi connectivity index (χ0) is 13.0. The van der Waals surface area contributed by atoms with E-state index < -0.39 is 0 Å². The third-order valence-electron chi connectivity index (χ3n) is 2.80. The summed E-state index contributed by atoms with van der Waals surface area (Å²) in [7, 11) is 10.2. The summed E-state index contributed by atoms with van der Waals surface area (Å²) in [5.41, 5.74) is -0.123. The van der Waals surface area contributed by atoms with Gasteiger partial charge in [0.15, 0.2) is 0 Å². The molecule has 0 rings (SSSR count). The molecule has 0 saturated heterocycles. The van der Waals surface area contributed by atoms with E-state index in [-0.39, 0.29) is 11.4 Å². The van der Waals surface area contributed by atoms with Crippen LogP contribution in [-0.2, 0) is 4.79 Å². The summed E-state index contributed by atoms with van der Waals surface area (Å²) >= 11 is 0. The molecule has 0 saturated carbocycles. The lowest BCUT2D eigenvalue weighted by atomic mass is 10.0. The van der Waals surface area contributed by atoms with Crippen molar-refractivity contribution in [2.45, 2.75) is 25.8 Å². The lowest BCUT2D eigenvalue weighted by Gasteiger charge is -2.29. The number of nitrogens with one attached hydrogen (secondary N) is 1. The molecular weight excluding hydrogens is 202 g/mol. The Balaban J connectivity index is 4.10. The first kappa shape index (κ1) is 15.4. The fraction of sp³-hybridized carbons (Fsp3) is 0.917. The number of rotatable bonds is 6. The molecule has 16 heavy (non-hydrogen) atoms. The maximum absolute atomic E-state index is 11.9. The maximum atomic E-state index is 11.9. The van der Waals surface area contributed by atoms with Crippen molar-refractivity contribution in [2.75, 3.05) is 48.3 Å². The van der Waals surface area contributed by atoms with Gasteiger partial charge < -0.3 is 14.7 Å². The summed E-state index contributed by atoms with van der Waals surface area (Å²) in [6.07, 6.45) is 0.539. The molecule has 0 aliphatic carbocycles. The van der Waals surface area contributed by atoms with Crippen LogP contribution in [0.25, 0.3) is 0 Å². The Labute approximate surface area is 100 Å². The van der Waals surface area contributed by atoms with Crippen molar-refractivity contribution in [3.63, 3.8) is 0 Å². The molecule has 0 atom stereocenters.